The van der Waals surface area contributed by atoms with Gasteiger partial charge in [-0.05, 0) is 43.8 Å². The fourth-order valence-corrected chi connectivity index (χ4v) is 2.11. The number of nitrogens with two attached hydrogens (primary N) is 1. The van der Waals surface area contributed by atoms with Gasteiger partial charge in [0.05, 0.1) is 11.0 Å². The Labute approximate surface area is 118 Å². The fourth-order valence-electron chi connectivity index (χ4n) is 1.32. The molecule has 20 heavy (non-hydrogen) atoms. The molecule has 0 saturated carbocycles. The molecule has 2 aromatic rings. The maximum Gasteiger partial charge on any atom is 0.322 e. The molecule has 0 aliphatic heterocycles. The standard InChI is InChI=1S/C12H12F2N4OS/c1-6(2)19-11-16-10(15)17-12(18-11)20-9-5-7(13)3-4-8(9)14/h3-6H,1-2H3,(H2,15,16,17,18). The first-order valence-electron chi connectivity index (χ1n) is 5.75. The van der Waals surface area contributed by atoms with E-state index in [0.29, 0.717) is 0 Å². The van der Waals surface area contributed by atoms with Gasteiger partial charge in [0.1, 0.15) is 11.6 Å². The Morgan fingerprint density at radius 2 is 1.95 bits per heavy atom. The van der Waals surface area contributed by atoms with Crippen molar-refractivity contribution in [2.75, 3.05) is 5.73 Å². The Morgan fingerprint density at radius 3 is 2.65 bits per heavy atom. The summed E-state index contributed by atoms with van der Waals surface area (Å²) in [6, 6.07) is 3.18. The zero-order valence-corrected chi connectivity index (χ0v) is 11.6. The fraction of sp³-hybridized carbons (Fsp3) is 0.250. The molecule has 5 nitrogen and oxygen atoms in total. The van der Waals surface area contributed by atoms with Gasteiger partial charge < -0.3 is 10.5 Å². The number of aromatic nitrogens is 3. The summed E-state index contributed by atoms with van der Waals surface area (Å²) in [6.45, 7) is 3.61. The number of nitrogens with zero attached hydrogens (tertiary/aromatic N) is 3. The first kappa shape index (κ1) is 14.4. The van der Waals surface area contributed by atoms with Crippen LogP contribution in [0.1, 0.15) is 13.8 Å². The van der Waals surface area contributed by atoms with Gasteiger partial charge in [-0.2, -0.15) is 15.0 Å². The molecule has 0 aliphatic rings. The smallest absolute Gasteiger partial charge is 0.322 e. The third-order valence-electron chi connectivity index (χ3n) is 2.05. The van der Waals surface area contributed by atoms with Crippen LogP contribution in [0.15, 0.2) is 28.3 Å². The lowest BCUT2D eigenvalue weighted by atomic mass is 10.3. The van der Waals surface area contributed by atoms with Crippen LogP contribution in [0.2, 0.25) is 0 Å². The van der Waals surface area contributed by atoms with Crippen molar-refractivity contribution in [1.82, 2.24) is 15.0 Å². The van der Waals surface area contributed by atoms with Crippen molar-refractivity contribution in [3.63, 3.8) is 0 Å². The molecule has 1 aromatic heterocycles. The van der Waals surface area contributed by atoms with Gasteiger partial charge >= 0.3 is 6.01 Å². The Kier molecular flexibility index (Phi) is 4.33. The minimum absolute atomic E-state index is 0.0463. The highest BCUT2D eigenvalue weighted by Crippen LogP contribution is 2.29. The Balaban J connectivity index is 2.28. The quantitative estimate of drug-likeness (QED) is 0.935. The van der Waals surface area contributed by atoms with Crippen LogP contribution in [-0.2, 0) is 0 Å². The van der Waals surface area contributed by atoms with Crippen molar-refractivity contribution in [3.05, 3.63) is 29.8 Å². The van der Waals surface area contributed by atoms with Crippen molar-refractivity contribution in [1.29, 1.82) is 0 Å². The summed E-state index contributed by atoms with van der Waals surface area (Å²) in [5.41, 5.74) is 5.53. The molecule has 2 rings (SSSR count). The summed E-state index contributed by atoms with van der Waals surface area (Å²) in [5.74, 6) is -1.16. The molecule has 2 N–H and O–H groups in total. The molecule has 8 heteroatoms. The first-order valence-corrected chi connectivity index (χ1v) is 6.57. The molecule has 0 unspecified atom stereocenters. The largest absolute Gasteiger partial charge is 0.461 e. The lowest BCUT2D eigenvalue weighted by Gasteiger charge is -2.09. The van der Waals surface area contributed by atoms with Crippen LogP contribution in [-0.4, -0.2) is 21.1 Å². The van der Waals surface area contributed by atoms with Crippen molar-refractivity contribution in [2.24, 2.45) is 0 Å². The number of anilines is 1. The van der Waals surface area contributed by atoms with Crippen LogP contribution in [0.3, 0.4) is 0 Å². The first-order chi connectivity index (χ1) is 9.44. The SMILES string of the molecule is CC(C)Oc1nc(N)nc(Sc2cc(F)ccc2F)n1. The number of halogens is 2. The van der Waals surface area contributed by atoms with Gasteiger partial charge in [0, 0.05) is 0 Å². The molecule has 0 bridgehead atoms. The molecule has 0 atom stereocenters. The average molecular weight is 298 g/mol. The maximum absolute atomic E-state index is 13.5. The van der Waals surface area contributed by atoms with Crippen LogP contribution in [0.4, 0.5) is 14.7 Å². The topological polar surface area (TPSA) is 73.9 Å². The maximum atomic E-state index is 13.5. The molecular formula is C12H12F2N4OS. The van der Waals surface area contributed by atoms with E-state index in [1.807, 2.05) is 0 Å². The highest BCUT2D eigenvalue weighted by Gasteiger charge is 2.12. The van der Waals surface area contributed by atoms with E-state index in [4.69, 9.17) is 10.5 Å². The highest BCUT2D eigenvalue weighted by atomic mass is 32.2. The van der Waals surface area contributed by atoms with Crippen LogP contribution in [0.5, 0.6) is 6.01 Å². The Hall–Kier alpha value is -1.96. The van der Waals surface area contributed by atoms with Gasteiger partial charge in [-0.25, -0.2) is 8.78 Å². The number of benzene rings is 1. The number of hydrogen-bond acceptors (Lipinski definition) is 6. The lowest BCUT2D eigenvalue weighted by molar-refractivity contribution is 0.219. The zero-order valence-electron chi connectivity index (χ0n) is 10.8. The molecule has 0 spiro atoms. The molecule has 0 radical (unpaired) electrons. The third kappa shape index (κ3) is 3.77. The minimum Gasteiger partial charge on any atom is -0.461 e. The lowest BCUT2D eigenvalue weighted by Crippen LogP contribution is -2.10. The zero-order chi connectivity index (χ0) is 14.7. The summed E-state index contributed by atoms with van der Waals surface area (Å²) in [7, 11) is 0. The molecule has 0 amide bonds. The summed E-state index contributed by atoms with van der Waals surface area (Å²) in [4.78, 5) is 11.7. The van der Waals surface area contributed by atoms with Gasteiger partial charge in [-0.3, -0.25) is 0 Å². The van der Waals surface area contributed by atoms with Crippen LogP contribution < -0.4 is 10.5 Å². The van der Waals surface area contributed by atoms with E-state index in [1.54, 1.807) is 13.8 Å². The number of nitrogen functional groups attached to an aromatic ring is 1. The second kappa shape index (κ2) is 6.00. The van der Waals surface area contributed by atoms with Gasteiger partial charge in [0.15, 0.2) is 0 Å². The van der Waals surface area contributed by atoms with Gasteiger partial charge in [0.2, 0.25) is 11.1 Å². The molecule has 1 heterocycles. The minimum atomic E-state index is -0.568. The summed E-state index contributed by atoms with van der Waals surface area (Å²) in [6.07, 6.45) is -0.138. The number of ether oxygens (including phenoxy) is 1. The molecule has 0 aliphatic carbocycles. The molecule has 0 fully saturated rings. The Morgan fingerprint density at radius 1 is 1.20 bits per heavy atom. The van der Waals surface area contributed by atoms with Crippen LogP contribution in [0, 0.1) is 11.6 Å². The van der Waals surface area contributed by atoms with E-state index in [0.717, 1.165) is 30.0 Å². The monoisotopic (exact) mass is 298 g/mol. The highest BCUT2D eigenvalue weighted by molar-refractivity contribution is 7.99. The number of rotatable bonds is 4. The predicted octanol–water partition coefficient (Wildman–Crippen LogP) is 2.67. The predicted molar refractivity (Wildman–Crippen MR) is 70.5 cm³/mol. The molecular weight excluding hydrogens is 286 g/mol. The average Bonchev–Trinajstić information content (AvgIpc) is 2.32. The van der Waals surface area contributed by atoms with E-state index in [-0.39, 0.29) is 28.1 Å². The second-order valence-corrected chi connectivity index (χ2v) is 5.11. The number of hydrogen-bond donors (Lipinski definition) is 1. The van der Waals surface area contributed by atoms with Crippen LogP contribution in [0.25, 0.3) is 0 Å². The van der Waals surface area contributed by atoms with Crippen molar-refractivity contribution < 1.29 is 13.5 Å². The van der Waals surface area contributed by atoms with Gasteiger partial charge in [-0.1, -0.05) is 0 Å². The van der Waals surface area contributed by atoms with E-state index < -0.39 is 11.6 Å². The van der Waals surface area contributed by atoms with E-state index in [2.05, 4.69) is 15.0 Å². The van der Waals surface area contributed by atoms with Crippen molar-refractivity contribution in [2.45, 2.75) is 30.0 Å². The molecule has 1 aromatic carbocycles. The second-order valence-electron chi connectivity index (χ2n) is 4.10. The van der Waals surface area contributed by atoms with Crippen molar-refractivity contribution in [3.8, 4) is 6.01 Å². The van der Waals surface area contributed by atoms with Crippen LogP contribution >= 0.6 is 11.8 Å². The molecule has 0 saturated heterocycles. The van der Waals surface area contributed by atoms with E-state index >= 15 is 0 Å². The third-order valence-corrected chi connectivity index (χ3v) is 2.95. The van der Waals surface area contributed by atoms with Gasteiger partial charge in [-0.15, -0.1) is 0 Å². The van der Waals surface area contributed by atoms with Crippen molar-refractivity contribution >= 4 is 17.7 Å². The van der Waals surface area contributed by atoms with E-state index in [1.165, 1.54) is 0 Å². The normalized spacial score (nSPS) is 10.8. The molecule has 106 valence electrons. The summed E-state index contributed by atoms with van der Waals surface area (Å²) >= 11 is 0.847. The van der Waals surface area contributed by atoms with Gasteiger partial charge in [0.25, 0.3) is 0 Å². The van der Waals surface area contributed by atoms with E-state index in [9.17, 15) is 8.78 Å². The summed E-state index contributed by atoms with van der Waals surface area (Å²) in [5, 5.41) is 0.137. The Bertz CT molecular complexity index is 624. The summed E-state index contributed by atoms with van der Waals surface area (Å²) < 4.78 is 31.9.